The van der Waals surface area contributed by atoms with Gasteiger partial charge < -0.3 is 28.8 Å². The Hall–Kier alpha value is -4.89. The molecule has 5 atom stereocenters. The molecule has 6 aromatic carbocycles. The van der Waals surface area contributed by atoms with Crippen molar-refractivity contribution in [1.82, 2.24) is 0 Å². The van der Waals surface area contributed by atoms with Crippen molar-refractivity contribution in [3.8, 4) is 0 Å². The predicted octanol–water partition coefficient (Wildman–Crippen LogP) is 10.7. The molecule has 0 saturated carbocycles. The standard InChI is InChI=1S/C51H51ClO6/c1-3-37-25-27-38(28-26-37)29-44-30-45(43(4-2)31-46(44)52)51(53)50(57-35-42-23-15-8-16-24-42)49(56-34-41-21-13-7-14-22-41)48(55-33-40-19-11-6-12-20-40)47(58-51)36-54-32-39-17-9-5-10-18-39/h4-28,30-31,47-50,53H,2-3,29,32-36H2,1H3/t47-,48-,49+,50-,51?/m1/s1. The van der Waals surface area contributed by atoms with Crippen molar-refractivity contribution in [3.63, 3.8) is 0 Å². The van der Waals surface area contributed by atoms with E-state index in [0.717, 1.165) is 39.8 Å². The lowest BCUT2D eigenvalue weighted by atomic mass is 9.84. The number of hydrogen-bond acceptors (Lipinski definition) is 6. The van der Waals surface area contributed by atoms with Crippen LogP contribution in [0.15, 0.2) is 164 Å². The van der Waals surface area contributed by atoms with Crippen LogP contribution in [0.4, 0.5) is 0 Å². The Bertz CT molecular complexity index is 2160. The van der Waals surface area contributed by atoms with Crippen molar-refractivity contribution >= 4 is 17.7 Å². The van der Waals surface area contributed by atoms with Crippen molar-refractivity contribution in [3.05, 3.63) is 219 Å². The minimum absolute atomic E-state index is 0.0981. The average Bonchev–Trinajstić information content (AvgIpc) is 3.27. The molecule has 0 spiro atoms. The zero-order valence-electron chi connectivity index (χ0n) is 32.9. The molecule has 1 heterocycles. The van der Waals surface area contributed by atoms with E-state index in [-0.39, 0.29) is 26.4 Å². The predicted molar refractivity (Wildman–Crippen MR) is 230 cm³/mol. The highest BCUT2D eigenvalue weighted by molar-refractivity contribution is 6.31. The second kappa shape index (κ2) is 20.2. The Labute approximate surface area is 347 Å². The molecular formula is C51H51ClO6. The first-order valence-electron chi connectivity index (χ1n) is 19.9. The third kappa shape index (κ3) is 10.4. The molecule has 1 saturated heterocycles. The van der Waals surface area contributed by atoms with E-state index in [2.05, 4.69) is 37.8 Å². The van der Waals surface area contributed by atoms with E-state index >= 15 is 0 Å². The van der Waals surface area contributed by atoms with Gasteiger partial charge in [-0.15, -0.1) is 0 Å². The van der Waals surface area contributed by atoms with Gasteiger partial charge in [0.15, 0.2) is 0 Å². The first-order valence-corrected chi connectivity index (χ1v) is 20.3. The molecule has 1 N–H and O–H groups in total. The van der Waals surface area contributed by atoms with Crippen molar-refractivity contribution in [2.45, 2.75) is 76.4 Å². The summed E-state index contributed by atoms with van der Waals surface area (Å²) in [6, 6.07) is 52.1. The topological polar surface area (TPSA) is 66.4 Å². The summed E-state index contributed by atoms with van der Waals surface area (Å²) in [4.78, 5) is 0. The van der Waals surface area contributed by atoms with E-state index in [1.54, 1.807) is 6.08 Å². The number of benzene rings is 6. The van der Waals surface area contributed by atoms with Crippen LogP contribution >= 0.6 is 11.6 Å². The third-order valence-corrected chi connectivity index (χ3v) is 10.9. The van der Waals surface area contributed by atoms with Crippen molar-refractivity contribution < 1.29 is 28.8 Å². The van der Waals surface area contributed by atoms with Crippen LogP contribution in [-0.2, 0) is 68.7 Å². The van der Waals surface area contributed by atoms with Gasteiger partial charge in [0, 0.05) is 10.6 Å². The first-order chi connectivity index (χ1) is 28.4. The second-order valence-corrected chi connectivity index (χ2v) is 15.1. The van der Waals surface area contributed by atoms with E-state index < -0.39 is 30.2 Å². The summed E-state index contributed by atoms with van der Waals surface area (Å²) in [6.45, 7) is 7.41. The summed E-state index contributed by atoms with van der Waals surface area (Å²) in [5.41, 5.74) is 8.14. The fourth-order valence-corrected chi connectivity index (χ4v) is 7.67. The van der Waals surface area contributed by atoms with Crippen LogP contribution < -0.4 is 0 Å². The number of hydrogen-bond donors (Lipinski definition) is 1. The van der Waals surface area contributed by atoms with Gasteiger partial charge in [0.05, 0.1) is 33.0 Å². The molecule has 1 unspecified atom stereocenters. The molecule has 0 radical (unpaired) electrons. The Kier molecular flexibility index (Phi) is 14.4. The van der Waals surface area contributed by atoms with E-state index in [4.69, 9.17) is 35.3 Å². The molecule has 298 valence electrons. The minimum atomic E-state index is -2.07. The summed E-state index contributed by atoms with van der Waals surface area (Å²) < 4.78 is 34.0. The lowest BCUT2D eigenvalue weighted by Crippen LogP contribution is -2.65. The highest BCUT2D eigenvalue weighted by Gasteiger charge is 2.58. The van der Waals surface area contributed by atoms with Crippen LogP contribution in [0.5, 0.6) is 0 Å². The zero-order valence-corrected chi connectivity index (χ0v) is 33.7. The highest BCUT2D eigenvalue weighted by atomic mass is 35.5. The maximum Gasteiger partial charge on any atom is 0.223 e. The summed E-state index contributed by atoms with van der Waals surface area (Å²) in [5, 5.41) is 14.0. The van der Waals surface area contributed by atoms with E-state index in [0.29, 0.717) is 29.2 Å². The zero-order chi connectivity index (χ0) is 40.2. The third-order valence-electron chi connectivity index (χ3n) is 10.6. The lowest BCUT2D eigenvalue weighted by Gasteiger charge is -2.51. The highest BCUT2D eigenvalue weighted by Crippen LogP contribution is 2.44. The van der Waals surface area contributed by atoms with Gasteiger partial charge in [-0.3, -0.25) is 0 Å². The number of ether oxygens (including phenoxy) is 5. The van der Waals surface area contributed by atoms with E-state index in [9.17, 15) is 5.11 Å². The van der Waals surface area contributed by atoms with E-state index in [1.807, 2.05) is 133 Å². The van der Waals surface area contributed by atoms with Crippen LogP contribution in [0.3, 0.4) is 0 Å². The smallest absolute Gasteiger partial charge is 0.223 e. The molecule has 0 aliphatic carbocycles. The van der Waals surface area contributed by atoms with Gasteiger partial charge in [-0.25, -0.2) is 0 Å². The van der Waals surface area contributed by atoms with Gasteiger partial charge in [0.25, 0.3) is 0 Å². The van der Waals surface area contributed by atoms with Gasteiger partial charge in [0.2, 0.25) is 5.79 Å². The normalized spacial score (nSPS) is 20.5. The molecule has 7 heteroatoms. The number of rotatable bonds is 18. The van der Waals surface area contributed by atoms with Crippen LogP contribution in [0.25, 0.3) is 6.08 Å². The monoisotopic (exact) mass is 794 g/mol. The Balaban J connectivity index is 1.33. The molecule has 1 fully saturated rings. The van der Waals surface area contributed by atoms with Gasteiger partial charge in [-0.2, -0.15) is 0 Å². The van der Waals surface area contributed by atoms with Crippen LogP contribution in [-0.4, -0.2) is 36.1 Å². The second-order valence-electron chi connectivity index (χ2n) is 14.7. The summed E-state index contributed by atoms with van der Waals surface area (Å²) in [6.07, 6.45) is -0.262. The van der Waals surface area contributed by atoms with Gasteiger partial charge >= 0.3 is 0 Å². The van der Waals surface area contributed by atoms with Crippen LogP contribution in [0.2, 0.25) is 5.02 Å². The molecule has 1 aliphatic heterocycles. The quantitative estimate of drug-likeness (QED) is 0.0935. The van der Waals surface area contributed by atoms with Crippen LogP contribution in [0, 0.1) is 0 Å². The Morgan fingerprint density at radius 2 is 1.10 bits per heavy atom. The fraction of sp³-hybridized carbons (Fsp3) is 0.255. The fourth-order valence-electron chi connectivity index (χ4n) is 7.43. The minimum Gasteiger partial charge on any atom is -0.374 e. The van der Waals surface area contributed by atoms with E-state index in [1.165, 1.54) is 5.56 Å². The van der Waals surface area contributed by atoms with Crippen LogP contribution in [0.1, 0.15) is 57.0 Å². The largest absolute Gasteiger partial charge is 0.374 e. The maximum atomic E-state index is 13.5. The molecule has 6 aromatic rings. The SMILES string of the molecule is C=Cc1cc(Cl)c(Cc2ccc(CC)cc2)cc1C1(O)O[C@H](COCc2ccccc2)[C@@H](OCc2ccccc2)[C@H](OCc2ccccc2)[C@H]1OCc1ccccc1. The van der Waals surface area contributed by atoms with Gasteiger partial charge in [-0.1, -0.05) is 177 Å². The Morgan fingerprint density at radius 1 is 0.621 bits per heavy atom. The van der Waals surface area contributed by atoms with Gasteiger partial charge in [0.1, 0.15) is 24.4 Å². The first kappa shape index (κ1) is 41.3. The van der Waals surface area contributed by atoms with Gasteiger partial charge in [-0.05, 0) is 69.5 Å². The molecule has 6 nitrogen and oxygen atoms in total. The molecule has 0 bridgehead atoms. The summed E-state index contributed by atoms with van der Waals surface area (Å²) >= 11 is 7.01. The molecule has 0 aromatic heterocycles. The molecule has 7 rings (SSSR count). The maximum absolute atomic E-state index is 13.5. The molecule has 0 amide bonds. The molecular weight excluding hydrogens is 744 g/mol. The van der Waals surface area contributed by atoms with Crippen molar-refractivity contribution in [2.75, 3.05) is 6.61 Å². The molecule has 58 heavy (non-hydrogen) atoms. The summed E-state index contributed by atoms with van der Waals surface area (Å²) in [7, 11) is 0. The van der Waals surface area contributed by atoms with Crippen molar-refractivity contribution in [1.29, 1.82) is 0 Å². The molecule has 1 aliphatic rings. The Morgan fingerprint density at radius 3 is 1.62 bits per heavy atom. The number of aryl methyl sites for hydroxylation is 1. The number of aliphatic hydroxyl groups is 1. The lowest BCUT2D eigenvalue weighted by molar-refractivity contribution is -0.378. The average molecular weight is 795 g/mol. The number of halogens is 1. The van der Waals surface area contributed by atoms with Crippen molar-refractivity contribution in [2.24, 2.45) is 0 Å². The summed E-state index contributed by atoms with van der Waals surface area (Å²) in [5.74, 6) is -2.07.